The third-order valence-electron chi connectivity index (χ3n) is 2.55. The van der Waals surface area contributed by atoms with Gasteiger partial charge in [-0.25, -0.2) is 9.48 Å². The van der Waals surface area contributed by atoms with Gasteiger partial charge in [0.15, 0.2) is 0 Å². The number of aromatic nitrogens is 4. The summed E-state index contributed by atoms with van der Waals surface area (Å²) in [5, 5.41) is 19.3. The highest BCUT2D eigenvalue weighted by Crippen LogP contribution is 2.17. The van der Waals surface area contributed by atoms with E-state index in [4.69, 9.17) is 5.11 Å². The Hall–Kier alpha value is -1.99. The van der Waals surface area contributed by atoms with Crippen molar-refractivity contribution in [3.63, 3.8) is 0 Å². The molecule has 2 rings (SSSR count). The summed E-state index contributed by atoms with van der Waals surface area (Å²) in [5.41, 5.74) is 0. The highest BCUT2D eigenvalue weighted by Gasteiger charge is 2.33. The predicted octanol–water partition coefficient (Wildman–Crippen LogP) is -1.25. The van der Waals surface area contributed by atoms with Crippen LogP contribution in [0.2, 0.25) is 0 Å². The summed E-state index contributed by atoms with van der Waals surface area (Å²) in [6, 6.07) is -0.705. The van der Waals surface area contributed by atoms with Gasteiger partial charge in [-0.1, -0.05) is 0 Å². The zero-order chi connectivity index (χ0) is 11.5. The van der Waals surface area contributed by atoms with E-state index in [1.165, 1.54) is 15.9 Å². The van der Waals surface area contributed by atoms with Crippen LogP contribution in [0, 0.1) is 0 Å². The van der Waals surface area contributed by atoms with Gasteiger partial charge in [-0.05, 0) is 23.3 Å². The number of carboxylic acids is 1. The minimum absolute atomic E-state index is 0.0171. The van der Waals surface area contributed by atoms with Crippen LogP contribution in [0.25, 0.3) is 0 Å². The van der Waals surface area contributed by atoms with Crippen LogP contribution in [0.3, 0.4) is 0 Å². The number of amides is 1. The first-order valence-electron chi connectivity index (χ1n) is 4.91. The van der Waals surface area contributed by atoms with Gasteiger partial charge in [0.05, 0.1) is 0 Å². The summed E-state index contributed by atoms with van der Waals surface area (Å²) in [6.07, 6.45) is 2.55. The molecular formula is C8H11N5O3. The van der Waals surface area contributed by atoms with E-state index in [1.807, 2.05) is 0 Å². The van der Waals surface area contributed by atoms with Gasteiger partial charge in [0.1, 0.15) is 18.9 Å². The van der Waals surface area contributed by atoms with Crippen molar-refractivity contribution >= 4 is 11.9 Å². The SMILES string of the molecule is O=C(O)[C@H]1CCCN1C(=O)Cn1cnnn1. The Bertz CT molecular complexity index is 390. The van der Waals surface area contributed by atoms with Crippen molar-refractivity contribution < 1.29 is 14.7 Å². The monoisotopic (exact) mass is 225 g/mol. The van der Waals surface area contributed by atoms with E-state index in [9.17, 15) is 9.59 Å². The molecule has 0 aromatic carbocycles. The molecule has 0 spiro atoms. The summed E-state index contributed by atoms with van der Waals surface area (Å²) < 4.78 is 1.28. The molecule has 1 saturated heterocycles. The summed E-state index contributed by atoms with van der Waals surface area (Å²) >= 11 is 0. The molecule has 0 radical (unpaired) electrons. The Morgan fingerprint density at radius 3 is 2.94 bits per heavy atom. The maximum absolute atomic E-state index is 11.8. The first-order valence-corrected chi connectivity index (χ1v) is 4.91. The van der Waals surface area contributed by atoms with E-state index >= 15 is 0 Å². The normalized spacial score (nSPS) is 20.0. The lowest BCUT2D eigenvalue weighted by atomic mass is 10.2. The fourth-order valence-electron chi connectivity index (χ4n) is 1.80. The number of hydrogen-bond donors (Lipinski definition) is 1. The smallest absolute Gasteiger partial charge is 0.326 e. The molecule has 0 saturated carbocycles. The zero-order valence-corrected chi connectivity index (χ0v) is 8.48. The summed E-state index contributed by atoms with van der Waals surface area (Å²) in [5.74, 6) is -1.22. The van der Waals surface area contributed by atoms with Crippen LogP contribution in [0.4, 0.5) is 0 Å². The predicted molar refractivity (Wildman–Crippen MR) is 50.2 cm³/mol. The van der Waals surface area contributed by atoms with Gasteiger partial charge < -0.3 is 10.0 Å². The van der Waals surface area contributed by atoms with Gasteiger partial charge in [0.25, 0.3) is 0 Å². The minimum atomic E-state index is -0.956. The van der Waals surface area contributed by atoms with Gasteiger partial charge in [-0.2, -0.15) is 0 Å². The Morgan fingerprint density at radius 2 is 2.31 bits per heavy atom. The van der Waals surface area contributed by atoms with Crippen LogP contribution in [0.15, 0.2) is 6.33 Å². The number of tetrazole rings is 1. The number of nitrogens with zero attached hydrogens (tertiary/aromatic N) is 5. The summed E-state index contributed by atoms with van der Waals surface area (Å²) in [6.45, 7) is 0.467. The molecule has 8 heteroatoms. The fraction of sp³-hybridized carbons (Fsp3) is 0.625. The molecule has 0 unspecified atom stereocenters. The molecule has 1 amide bonds. The van der Waals surface area contributed by atoms with Gasteiger partial charge in [0.2, 0.25) is 5.91 Å². The molecular weight excluding hydrogens is 214 g/mol. The number of aliphatic carboxylic acids is 1. The average Bonchev–Trinajstić information content (AvgIpc) is 2.86. The van der Waals surface area contributed by atoms with Gasteiger partial charge in [-0.15, -0.1) is 5.10 Å². The molecule has 1 aliphatic rings. The van der Waals surface area contributed by atoms with E-state index in [-0.39, 0.29) is 12.5 Å². The molecule has 0 aliphatic carbocycles. The Kier molecular flexibility index (Phi) is 2.80. The maximum atomic E-state index is 11.8. The molecule has 1 aromatic rings. The van der Waals surface area contributed by atoms with E-state index in [0.717, 1.165) is 6.42 Å². The maximum Gasteiger partial charge on any atom is 0.326 e. The molecule has 1 atom stereocenters. The quantitative estimate of drug-likeness (QED) is 0.689. The van der Waals surface area contributed by atoms with Crippen LogP contribution in [-0.2, 0) is 16.1 Å². The van der Waals surface area contributed by atoms with Gasteiger partial charge >= 0.3 is 5.97 Å². The van der Waals surface area contributed by atoms with Crippen LogP contribution >= 0.6 is 0 Å². The standard InChI is InChI=1S/C8H11N5O3/c14-7(4-12-5-9-10-11-12)13-3-1-2-6(13)8(15)16/h5-6H,1-4H2,(H,15,16)/t6-/m1/s1. The Morgan fingerprint density at radius 1 is 1.50 bits per heavy atom. The van der Waals surface area contributed by atoms with Crippen LogP contribution in [0.5, 0.6) is 0 Å². The van der Waals surface area contributed by atoms with E-state index < -0.39 is 12.0 Å². The van der Waals surface area contributed by atoms with Crippen molar-refractivity contribution in [2.24, 2.45) is 0 Å². The van der Waals surface area contributed by atoms with E-state index in [0.29, 0.717) is 13.0 Å². The Labute approximate surface area is 90.8 Å². The van der Waals surface area contributed by atoms with Crippen molar-refractivity contribution in [2.75, 3.05) is 6.54 Å². The molecule has 8 nitrogen and oxygen atoms in total. The van der Waals surface area contributed by atoms with Crippen molar-refractivity contribution in [1.82, 2.24) is 25.1 Å². The third kappa shape index (κ3) is 2.00. The van der Waals surface area contributed by atoms with Crippen molar-refractivity contribution in [1.29, 1.82) is 0 Å². The van der Waals surface area contributed by atoms with Crippen molar-refractivity contribution in [3.8, 4) is 0 Å². The highest BCUT2D eigenvalue weighted by molar-refractivity contribution is 5.84. The molecule has 2 heterocycles. The summed E-state index contributed by atoms with van der Waals surface area (Å²) in [4.78, 5) is 24.0. The minimum Gasteiger partial charge on any atom is -0.480 e. The second kappa shape index (κ2) is 4.25. The number of carbonyl (C=O) groups is 2. The molecule has 1 fully saturated rings. The van der Waals surface area contributed by atoms with Gasteiger partial charge in [0, 0.05) is 6.54 Å². The van der Waals surface area contributed by atoms with Crippen molar-refractivity contribution in [3.05, 3.63) is 6.33 Å². The highest BCUT2D eigenvalue weighted by atomic mass is 16.4. The van der Waals surface area contributed by atoms with E-state index in [2.05, 4.69) is 15.5 Å². The topological polar surface area (TPSA) is 101 Å². The van der Waals surface area contributed by atoms with Gasteiger partial charge in [-0.3, -0.25) is 4.79 Å². The molecule has 1 N–H and O–H groups in total. The second-order valence-corrected chi connectivity index (χ2v) is 3.59. The second-order valence-electron chi connectivity index (χ2n) is 3.59. The van der Waals surface area contributed by atoms with E-state index in [1.54, 1.807) is 0 Å². The number of carbonyl (C=O) groups excluding carboxylic acids is 1. The molecule has 1 aromatic heterocycles. The molecule has 16 heavy (non-hydrogen) atoms. The lowest BCUT2D eigenvalue weighted by Crippen LogP contribution is -2.42. The first-order chi connectivity index (χ1) is 7.68. The number of likely N-dealkylation sites (tertiary alicyclic amines) is 1. The number of carboxylic acid groups (broad SMARTS) is 1. The third-order valence-corrected chi connectivity index (χ3v) is 2.55. The summed E-state index contributed by atoms with van der Waals surface area (Å²) in [7, 11) is 0. The molecule has 1 aliphatic heterocycles. The zero-order valence-electron chi connectivity index (χ0n) is 8.48. The molecule has 86 valence electrons. The van der Waals surface area contributed by atoms with Crippen LogP contribution < -0.4 is 0 Å². The van der Waals surface area contributed by atoms with Crippen LogP contribution in [-0.4, -0.2) is 54.7 Å². The molecule has 0 bridgehead atoms. The number of rotatable bonds is 3. The van der Waals surface area contributed by atoms with Crippen molar-refractivity contribution in [2.45, 2.75) is 25.4 Å². The lowest BCUT2D eigenvalue weighted by molar-refractivity contribution is -0.148. The number of hydrogen-bond acceptors (Lipinski definition) is 5. The Balaban J connectivity index is 2.01. The fourth-order valence-corrected chi connectivity index (χ4v) is 1.80. The van der Waals surface area contributed by atoms with Crippen LogP contribution in [0.1, 0.15) is 12.8 Å². The largest absolute Gasteiger partial charge is 0.480 e. The average molecular weight is 225 g/mol. The first kappa shape index (κ1) is 10.5. The lowest BCUT2D eigenvalue weighted by Gasteiger charge is -2.20.